The first-order valence-corrected chi connectivity index (χ1v) is 12.6. The van der Waals surface area contributed by atoms with Crippen LogP contribution in [0.5, 0.6) is 5.75 Å². The second-order valence-electron chi connectivity index (χ2n) is 7.75. The van der Waals surface area contributed by atoms with Crippen LogP contribution in [0.25, 0.3) is 32.1 Å². The number of likely N-dealkylation sites (N-methyl/N-ethyl adjacent to an activating group) is 1. The molecule has 0 spiro atoms. The third-order valence-electron chi connectivity index (χ3n) is 5.64. The lowest BCUT2D eigenvalue weighted by molar-refractivity contribution is 0.417. The minimum absolute atomic E-state index is 0.0446. The van der Waals surface area contributed by atoms with Crippen molar-refractivity contribution in [1.82, 2.24) is 9.29 Å². The number of hydrogen-bond donors (Lipinski definition) is 1. The van der Waals surface area contributed by atoms with Crippen molar-refractivity contribution in [3.8, 4) is 16.9 Å². The molecule has 2 heterocycles. The summed E-state index contributed by atoms with van der Waals surface area (Å²) in [5.74, 6) is 0.771. The molecule has 0 saturated carbocycles. The standard InChI is InChI=1S/C23H24N2O4S2/c1-14(13-25(2)31(4,27)28)15-5-7-16(8-6-15)20-19(29-3)10-9-18-21(20)17-11-12-30-22(17)23(26)24-18/h5-12,14H,13H2,1-4H3,(H,24,26)/t14-/m0/s1. The van der Waals surface area contributed by atoms with E-state index >= 15 is 0 Å². The van der Waals surface area contributed by atoms with Gasteiger partial charge in [-0.05, 0) is 40.6 Å². The molecule has 0 aliphatic heterocycles. The number of benzene rings is 2. The van der Waals surface area contributed by atoms with Crippen LogP contribution in [-0.2, 0) is 10.0 Å². The summed E-state index contributed by atoms with van der Waals surface area (Å²) in [7, 11) is 0.00846. The first kappa shape index (κ1) is 21.5. The van der Waals surface area contributed by atoms with E-state index in [-0.39, 0.29) is 11.5 Å². The molecule has 1 atom stereocenters. The zero-order valence-electron chi connectivity index (χ0n) is 17.8. The Kier molecular flexibility index (Phi) is 5.63. The highest BCUT2D eigenvalue weighted by atomic mass is 32.2. The van der Waals surface area contributed by atoms with Crippen LogP contribution in [-0.4, -0.2) is 44.7 Å². The van der Waals surface area contributed by atoms with Crippen LogP contribution in [0.15, 0.2) is 52.6 Å². The lowest BCUT2D eigenvalue weighted by Gasteiger charge is -2.20. The summed E-state index contributed by atoms with van der Waals surface area (Å²) >= 11 is 1.42. The van der Waals surface area contributed by atoms with E-state index in [1.54, 1.807) is 14.2 Å². The Morgan fingerprint density at radius 1 is 1.13 bits per heavy atom. The largest absolute Gasteiger partial charge is 0.496 e. The predicted octanol–water partition coefficient (Wildman–Crippen LogP) is 4.41. The molecule has 0 amide bonds. The molecule has 4 aromatic rings. The summed E-state index contributed by atoms with van der Waals surface area (Å²) in [5.41, 5.74) is 3.61. The minimum Gasteiger partial charge on any atom is -0.496 e. The van der Waals surface area contributed by atoms with Crippen molar-refractivity contribution in [2.24, 2.45) is 0 Å². The van der Waals surface area contributed by atoms with Gasteiger partial charge in [0.15, 0.2) is 0 Å². The Bertz CT molecular complexity index is 1420. The van der Waals surface area contributed by atoms with Crippen molar-refractivity contribution in [3.05, 3.63) is 63.8 Å². The summed E-state index contributed by atoms with van der Waals surface area (Å²) in [5, 5.41) is 3.78. The fourth-order valence-corrected chi connectivity index (χ4v) is 5.18. The monoisotopic (exact) mass is 456 g/mol. The fraction of sp³-hybridized carbons (Fsp3) is 0.261. The van der Waals surface area contributed by atoms with Gasteiger partial charge in [-0.3, -0.25) is 4.79 Å². The van der Waals surface area contributed by atoms with Crippen LogP contribution in [0.1, 0.15) is 18.4 Å². The molecule has 0 radical (unpaired) electrons. The molecule has 0 fully saturated rings. The van der Waals surface area contributed by atoms with Crippen molar-refractivity contribution < 1.29 is 13.2 Å². The molecule has 1 N–H and O–H groups in total. The Morgan fingerprint density at radius 2 is 1.84 bits per heavy atom. The summed E-state index contributed by atoms with van der Waals surface area (Å²) in [6, 6.07) is 13.8. The van der Waals surface area contributed by atoms with Gasteiger partial charge >= 0.3 is 0 Å². The number of H-pyrrole nitrogens is 1. The maximum atomic E-state index is 12.4. The number of sulfonamides is 1. The molecular formula is C23H24N2O4S2. The van der Waals surface area contributed by atoms with Crippen molar-refractivity contribution in [2.75, 3.05) is 27.0 Å². The highest BCUT2D eigenvalue weighted by Gasteiger charge is 2.18. The van der Waals surface area contributed by atoms with Gasteiger partial charge < -0.3 is 9.72 Å². The molecule has 8 heteroatoms. The van der Waals surface area contributed by atoms with Crippen molar-refractivity contribution in [2.45, 2.75) is 12.8 Å². The molecule has 0 aliphatic carbocycles. The maximum Gasteiger partial charge on any atom is 0.266 e. The van der Waals surface area contributed by atoms with E-state index in [4.69, 9.17) is 4.74 Å². The molecule has 6 nitrogen and oxygen atoms in total. The number of nitrogens with one attached hydrogen (secondary N) is 1. The normalized spacial score (nSPS) is 13.2. The first-order valence-electron chi connectivity index (χ1n) is 9.82. The van der Waals surface area contributed by atoms with Gasteiger partial charge in [-0.25, -0.2) is 12.7 Å². The van der Waals surface area contributed by atoms with E-state index in [9.17, 15) is 13.2 Å². The predicted molar refractivity (Wildman–Crippen MR) is 128 cm³/mol. The van der Waals surface area contributed by atoms with E-state index in [0.717, 1.165) is 38.7 Å². The molecule has 0 bridgehead atoms. The summed E-state index contributed by atoms with van der Waals surface area (Å²) in [6.07, 6.45) is 1.21. The second-order valence-corrected chi connectivity index (χ2v) is 10.8. The Morgan fingerprint density at radius 3 is 2.48 bits per heavy atom. The van der Waals surface area contributed by atoms with Crippen LogP contribution in [0, 0.1) is 0 Å². The lowest BCUT2D eigenvalue weighted by atomic mass is 9.94. The lowest BCUT2D eigenvalue weighted by Crippen LogP contribution is -2.29. The Balaban J connectivity index is 1.82. The summed E-state index contributed by atoms with van der Waals surface area (Å²) < 4.78 is 31.2. The van der Waals surface area contributed by atoms with Crippen LogP contribution in [0.4, 0.5) is 0 Å². The van der Waals surface area contributed by atoms with Gasteiger partial charge in [0, 0.05) is 35.4 Å². The van der Waals surface area contributed by atoms with Crippen LogP contribution < -0.4 is 10.3 Å². The molecule has 162 valence electrons. The molecule has 4 rings (SSSR count). The van der Waals surface area contributed by atoms with E-state index < -0.39 is 10.0 Å². The first-order chi connectivity index (χ1) is 14.7. The number of thiophene rings is 1. The quantitative estimate of drug-likeness (QED) is 0.466. The number of rotatable bonds is 6. The topological polar surface area (TPSA) is 79.5 Å². The fourth-order valence-electron chi connectivity index (χ4n) is 3.89. The summed E-state index contributed by atoms with van der Waals surface area (Å²) in [4.78, 5) is 15.4. The van der Waals surface area contributed by atoms with E-state index in [2.05, 4.69) is 4.98 Å². The van der Waals surface area contributed by atoms with Crippen molar-refractivity contribution in [1.29, 1.82) is 0 Å². The average molecular weight is 457 g/mol. The van der Waals surface area contributed by atoms with Crippen LogP contribution in [0.3, 0.4) is 0 Å². The highest BCUT2D eigenvalue weighted by molar-refractivity contribution is 7.88. The van der Waals surface area contributed by atoms with E-state index in [1.165, 1.54) is 21.9 Å². The van der Waals surface area contributed by atoms with Crippen molar-refractivity contribution in [3.63, 3.8) is 0 Å². The molecule has 2 aromatic heterocycles. The van der Waals surface area contributed by atoms with Crippen molar-refractivity contribution >= 4 is 42.3 Å². The maximum absolute atomic E-state index is 12.4. The number of pyridine rings is 1. The highest BCUT2D eigenvalue weighted by Crippen LogP contribution is 2.40. The van der Waals surface area contributed by atoms with E-state index in [1.807, 2.05) is 54.8 Å². The Hall–Kier alpha value is -2.68. The molecule has 0 aliphatic rings. The van der Waals surface area contributed by atoms with Crippen LogP contribution in [0.2, 0.25) is 0 Å². The molecule has 2 aromatic carbocycles. The summed E-state index contributed by atoms with van der Waals surface area (Å²) in [6.45, 7) is 2.42. The van der Waals surface area contributed by atoms with Gasteiger partial charge in [-0.1, -0.05) is 31.2 Å². The average Bonchev–Trinajstić information content (AvgIpc) is 3.23. The van der Waals surface area contributed by atoms with E-state index in [0.29, 0.717) is 11.2 Å². The number of aromatic nitrogens is 1. The smallest absolute Gasteiger partial charge is 0.266 e. The third-order valence-corrected chi connectivity index (χ3v) is 7.84. The van der Waals surface area contributed by atoms with Gasteiger partial charge in [0.2, 0.25) is 10.0 Å². The van der Waals surface area contributed by atoms with Crippen LogP contribution >= 0.6 is 11.3 Å². The van der Waals surface area contributed by atoms with Gasteiger partial charge in [-0.2, -0.15) is 0 Å². The van der Waals surface area contributed by atoms with Gasteiger partial charge in [-0.15, -0.1) is 11.3 Å². The number of hydrogen-bond acceptors (Lipinski definition) is 5. The third kappa shape index (κ3) is 3.98. The number of methoxy groups -OCH3 is 1. The Labute approximate surface area is 185 Å². The zero-order valence-corrected chi connectivity index (χ0v) is 19.4. The van der Waals surface area contributed by atoms with Gasteiger partial charge in [0.05, 0.1) is 13.4 Å². The number of ether oxygens (including phenoxy) is 1. The van der Waals surface area contributed by atoms with Gasteiger partial charge in [0.1, 0.15) is 10.4 Å². The molecule has 0 unspecified atom stereocenters. The zero-order chi connectivity index (χ0) is 22.3. The SMILES string of the molecule is COc1ccc2[nH]c(=O)c3sccc3c2c1-c1ccc([C@@H](C)CN(C)S(C)(=O)=O)cc1. The number of nitrogens with zero attached hydrogens (tertiary/aromatic N) is 1. The number of aromatic amines is 1. The molecule has 0 saturated heterocycles. The minimum atomic E-state index is -3.22. The molecular weight excluding hydrogens is 432 g/mol. The number of fused-ring (bicyclic) bond motifs is 3. The molecule has 31 heavy (non-hydrogen) atoms. The second kappa shape index (κ2) is 8.11. The van der Waals surface area contributed by atoms with Gasteiger partial charge in [0.25, 0.3) is 5.56 Å².